The minimum Gasteiger partial charge on any atom is -0.480 e. The number of hydrogen-bond donors (Lipinski definition) is 2. The van der Waals surface area contributed by atoms with E-state index in [4.69, 9.17) is 4.74 Å². The number of rotatable bonds is 10. The second-order valence-corrected chi connectivity index (χ2v) is 10.3. The summed E-state index contributed by atoms with van der Waals surface area (Å²) < 4.78 is 7.15. The minimum absolute atomic E-state index is 0.0519. The summed E-state index contributed by atoms with van der Waals surface area (Å²) >= 11 is 0. The molecule has 1 amide bonds. The summed E-state index contributed by atoms with van der Waals surface area (Å²) in [5, 5.41) is 21.1. The first kappa shape index (κ1) is 26.2. The number of aromatic nitrogens is 3. The number of carboxylic acid groups (broad SMARTS) is 1. The molecule has 0 saturated heterocycles. The average Bonchev–Trinajstić information content (AvgIpc) is 3.54. The Morgan fingerprint density at radius 1 is 0.949 bits per heavy atom. The van der Waals surface area contributed by atoms with E-state index >= 15 is 0 Å². The lowest BCUT2D eigenvalue weighted by atomic mass is 9.98. The zero-order valence-electron chi connectivity index (χ0n) is 22.0. The van der Waals surface area contributed by atoms with Gasteiger partial charge in [-0.15, -0.1) is 5.10 Å². The first-order chi connectivity index (χ1) is 18.9. The van der Waals surface area contributed by atoms with Crippen molar-refractivity contribution >= 4 is 12.1 Å². The van der Waals surface area contributed by atoms with Crippen LogP contribution in [0.4, 0.5) is 4.79 Å². The molecule has 8 heteroatoms. The number of hydrogen-bond acceptors (Lipinski definition) is 5. The van der Waals surface area contributed by atoms with Crippen molar-refractivity contribution in [3.63, 3.8) is 0 Å². The predicted molar refractivity (Wildman–Crippen MR) is 147 cm³/mol. The average molecular weight is 525 g/mol. The van der Waals surface area contributed by atoms with Gasteiger partial charge in [0.25, 0.3) is 0 Å². The van der Waals surface area contributed by atoms with Gasteiger partial charge in [-0.05, 0) is 46.6 Å². The Morgan fingerprint density at radius 2 is 1.56 bits per heavy atom. The maximum absolute atomic E-state index is 13.1. The largest absolute Gasteiger partial charge is 0.480 e. The third-order valence-corrected chi connectivity index (χ3v) is 7.10. The highest BCUT2D eigenvalue weighted by Gasteiger charge is 2.30. The van der Waals surface area contributed by atoms with E-state index in [-0.39, 0.29) is 18.4 Å². The van der Waals surface area contributed by atoms with Crippen molar-refractivity contribution in [1.82, 2.24) is 20.3 Å². The molecule has 4 aromatic rings. The van der Waals surface area contributed by atoms with Crippen molar-refractivity contribution in [2.45, 2.75) is 44.7 Å². The van der Waals surface area contributed by atoms with Gasteiger partial charge in [-0.3, -0.25) is 0 Å². The van der Waals surface area contributed by atoms with E-state index in [1.807, 2.05) is 68.4 Å². The maximum atomic E-state index is 13.1. The van der Waals surface area contributed by atoms with E-state index in [1.54, 1.807) is 6.20 Å². The van der Waals surface area contributed by atoms with Crippen LogP contribution in [0.15, 0.2) is 85.1 Å². The molecule has 1 aromatic heterocycles. The molecule has 200 valence electrons. The normalized spacial score (nSPS) is 13.9. The first-order valence-corrected chi connectivity index (χ1v) is 13.2. The zero-order chi connectivity index (χ0) is 27.4. The highest BCUT2D eigenvalue weighted by atomic mass is 16.5. The van der Waals surface area contributed by atoms with Gasteiger partial charge in [0.15, 0.2) is 6.04 Å². The van der Waals surface area contributed by atoms with Crippen molar-refractivity contribution in [3.8, 4) is 11.1 Å². The van der Waals surface area contributed by atoms with Crippen LogP contribution < -0.4 is 5.32 Å². The number of carbonyl (C=O) groups excluding carboxylic acids is 1. The van der Waals surface area contributed by atoms with Gasteiger partial charge in [0.1, 0.15) is 12.3 Å². The topological polar surface area (TPSA) is 106 Å². The van der Waals surface area contributed by atoms with Crippen LogP contribution >= 0.6 is 0 Å². The van der Waals surface area contributed by atoms with Crippen molar-refractivity contribution in [2.24, 2.45) is 5.92 Å². The van der Waals surface area contributed by atoms with Gasteiger partial charge in [0, 0.05) is 5.92 Å². The van der Waals surface area contributed by atoms with Crippen LogP contribution in [0.2, 0.25) is 0 Å². The van der Waals surface area contributed by atoms with Crippen LogP contribution in [0.25, 0.3) is 11.1 Å². The number of aliphatic carboxylic acids is 1. The van der Waals surface area contributed by atoms with Gasteiger partial charge in [-0.2, -0.15) is 0 Å². The summed E-state index contributed by atoms with van der Waals surface area (Å²) in [5.74, 6) is -0.856. The summed E-state index contributed by atoms with van der Waals surface area (Å²) in [6.07, 6.45) is 1.91. The summed E-state index contributed by atoms with van der Waals surface area (Å²) in [6.45, 7) is 4.12. The van der Waals surface area contributed by atoms with E-state index < -0.39 is 24.1 Å². The third-order valence-electron chi connectivity index (χ3n) is 7.10. The van der Waals surface area contributed by atoms with E-state index in [9.17, 15) is 14.7 Å². The summed E-state index contributed by atoms with van der Waals surface area (Å²) in [7, 11) is 0. The maximum Gasteiger partial charge on any atom is 0.407 e. The smallest absolute Gasteiger partial charge is 0.407 e. The fourth-order valence-electron chi connectivity index (χ4n) is 5.23. The van der Waals surface area contributed by atoms with E-state index in [0.29, 0.717) is 18.5 Å². The Hall–Kier alpha value is -4.46. The Labute approximate surface area is 227 Å². The van der Waals surface area contributed by atoms with Crippen LogP contribution in [0.1, 0.15) is 60.7 Å². The molecule has 1 aliphatic carbocycles. The lowest BCUT2D eigenvalue weighted by molar-refractivity contribution is -0.141. The Morgan fingerprint density at radius 3 is 2.18 bits per heavy atom. The molecule has 3 aromatic carbocycles. The third kappa shape index (κ3) is 5.85. The molecule has 0 radical (unpaired) electrons. The number of amides is 1. The van der Waals surface area contributed by atoms with Gasteiger partial charge in [-0.1, -0.05) is 97.9 Å². The number of nitrogens with one attached hydrogen (secondary N) is 1. The number of alkyl carbamates (subject to hydrolysis) is 1. The van der Waals surface area contributed by atoms with Crippen LogP contribution in [0, 0.1) is 5.92 Å². The number of carboxylic acids is 1. The Bertz CT molecular complexity index is 1400. The molecule has 0 saturated carbocycles. The first-order valence-electron chi connectivity index (χ1n) is 13.2. The molecule has 1 aliphatic rings. The number of benzene rings is 3. The van der Waals surface area contributed by atoms with Crippen molar-refractivity contribution in [1.29, 1.82) is 0 Å². The molecule has 2 N–H and O–H groups in total. The van der Waals surface area contributed by atoms with Crippen molar-refractivity contribution < 1.29 is 19.4 Å². The lowest BCUT2D eigenvalue weighted by Crippen LogP contribution is -2.32. The fourth-order valence-corrected chi connectivity index (χ4v) is 5.23. The number of nitrogens with zero attached hydrogens (tertiary/aromatic N) is 3. The molecule has 0 bridgehead atoms. The Balaban J connectivity index is 1.33. The van der Waals surface area contributed by atoms with Crippen molar-refractivity contribution in [2.75, 3.05) is 6.61 Å². The second kappa shape index (κ2) is 11.5. The molecule has 0 spiro atoms. The monoisotopic (exact) mass is 524 g/mol. The van der Waals surface area contributed by atoms with Crippen LogP contribution in [-0.4, -0.2) is 38.8 Å². The summed E-state index contributed by atoms with van der Waals surface area (Å²) in [6, 6.07) is 24.7. The highest BCUT2D eigenvalue weighted by molar-refractivity contribution is 5.79. The Kier molecular flexibility index (Phi) is 7.72. The molecule has 2 atom stereocenters. The second-order valence-electron chi connectivity index (χ2n) is 10.3. The number of carbonyl (C=O) groups is 2. The molecule has 39 heavy (non-hydrogen) atoms. The molecule has 5 rings (SSSR count). The predicted octanol–water partition coefficient (Wildman–Crippen LogP) is 5.77. The molecule has 1 heterocycles. The number of fused-ring (bicyclic) bond motifs is 3. The van der Waals surface area contributed by atoms with Gasteiger partial charge < -0.3 is 15.2 Å². The molecular formula is C31H32N4O4. The molecular weight excluding hydrogens is 492 g/mol. The summed E-state index contributed by atoms with van der Waals surface area (Å²) in [5.41, 5.74) is 6.07. The standard InChI is InChI=1S/C31H32N4O4/c1-20(2)16-29(30(36)37)35-18-28(33-34-35)27(17-21-10-4-3-5-11-21)32-31(38)39-19-26-24-14-8-6-12-22(24)23-13-7-9-15-25(23)26/h3-15,18,20,26-27,29H,16-17,19H2,1-2H3,(H,32,38)(H,36,37)/t27-,29-/m0/s1. The fraction of sp³-hybridized carbons (Fsp3) is 0.290. The quantitative estimate of drug-likeness (QED) is 0.273. The van der Waals surface area contributed by atoms with E-state index in [2.05, 4.69) is 39.9 Å². The van der Waals surface area contributed by atoms with Crippen LogP contribution in [-0.2, 0) is 16.0 Å². The van der Waals surface area contributed by atoms with Crippen molar-refractivity contribution in [3.05, 3.63) is 107 Å². The molecule has 0 unspecified atom stereocenters. The minimum atomic E-state index is -0.968. The SMILES string of the molecule is CC(C)C[C@@H](C(=O)O)n1cc([C@H](Cc2ccccc2)NC(=O)OCC2c3ccccc3-c3ccccc32)nn1. The lowest BCUT2D eigenvalue weighted by Gasteiger charge is -2.19. The van der Waals surface area contributed by atoms with Gasteiger partial charge >= 0.3 is 12.1 Å². The number of ether oxygens (including phenoxy) is 1. The highest BCUT2D eigenvalue weighted by Crippen LogP contribution is 2.44. The molecule has 0 aliphatic heterocycles. The molecule has 8 nitrogen and oxygen atoms in total. The zero-order valence-corrected chi connectivity index (χ0v) is 22.0. The van der Waals surface area contributed by atoms with Crippen LogP contribution in [0.3, 0.4) is 0 Å². The van der Waals surface area contributed by atoms with E-state index in [0.717, 1.165) is 27.8 Å². The van der Waals surface area contributed by atoms with Gasteiger partial charge in [0.05, 0.1) is 12.2 Å². The van der Waals surface area contributed by atoms with Gasteiger partial charge in [0.2, 0.25) is 0 Å². The van der Waals surface area contributed by atoms with E-state index in [1.165, 1.54) is 4.68 Å². The summed E-state index contributed by atoms with van der Waals surface area (Å²) in [4.78, 5) is 25.0. The van der Waals surface area contributed by atoms with Crippen LogP contribution in [0.5, 0.6) is 0 Å². The molecule has 0 fully saturated rings. The van der Waals surface area contributed by atoms with Gasteiger partial charge in [-0.25, -0.2) is 14.3 Å².